The molecule has 0 aliphatic rings. The first-order chi connectivity index (χ1) is 8.04. The van der Waals surface area contributed by atoms with Gasteiger partial charge in [-0.25, -0.2) is 0 Å². The molecule has 96 valence electrons. The van der Waals surface area contributed by atoms with E-state index >= 15 is 0 Å². The first-order valence-electron chi connectivity index (χ1n) is 5.59. The Morgan fingerprint density at radius 2 is 2.35 bits per heavy atom. The minimum atomic E-state index is -0.215. The molecule has 0 saturated carbocycles. The molecule has 1 unspecified atom stereocenters. The van der Waals surface area contributed by atoms with Crippen LogP contribution in [0.3, 0.4) is 0 Å². The predicted molar refractivity (Wildman–Crippen MR) is 67.2 cm³/mol. The molecule has 0 saturated heterocycles. The quantitative estimate of drug-likeness (QED) is 0.780. The monoisotopic (exact) mass is 258 g/mol. The first-order valence-corrected chi connectivity index (χ1v) is 6.47. The Hall–Kier alpha value is -1.14. The normalized spacial score (nSPS) is 12.4. The third-order valence-corrected chi connectivity index (χ3v) is 3.32. The third-order valence-electron chi connectivity index (χ3n) is 2.44. The maximum absolute atomic E-state index is 11.4. The van der Waals surface area contributed by atoms with Gasteiger partial charge in [0.15, 0.2) is 0 Å². The Bertz CT molecular complexity index is 425. The van der Waals surface area contributed by atoms with Gasteiger partial charge in [0.2, 0.25) is 5.91 Å². The van der Waals surface area contributed by atoms with Crippen molar-refractivity contribution in [2.24, 2.45) is 0 Å². The number of hydrogen-bond acceptors (Lipinski definition) is 4. The molecule has 0 fully saturated rings. The fourth-order valence-corrected chi connectivity index (χ4v) is 2.23. The SMILES string of the molecule is Cc1csc(=O)n1CCCC(=O)NC(C)CO. The van der Waals surface area contributed by atoms with Crippen molar-refractivity contribution < 1.29 is 9.90 Å². The van der Waals surface area contributed by atoms with Crippen molar-refractivity contribution in [3.05, 3.63) is 20.7 Å². The number of aliphatic hydroxyl groups is 1. The van der Waals surface area contributed by atoms with Crippen molar-refractivity contribution in [2.45, 2.75) is 39.3 Å². The summed E-state index contributed by atoms with van der Waals surface area (Å²) in [5.41, 5.74) is 0.934. The molecule has 1 heterocycles. The van der Waals surface area contributed by atoms with Crippen LogP contribution in [0.5, 0.6) is 0 Å². The van der Waals surface area contributed by atoms with Crippen LogP contribution in [0, 0.1) is 6.92 Å². The van der Waals surface area contributed by atoms with Gasteiger partial charge in [-0.15, -0.1) is 0 Å². The van der Waals surface area contributed by atoms with Gasteiger partial charge in [0.1, 0.15) is 0 Å². The van der Waals surface area contributed by atoms with E-state index in [-0.39, 0.29) is 23.4 Å². The molecule has 6 heteroatoms. The molecule has 17 heavy (non-hydrogen) atoms. The summed E-state index contributed by atoms with van der Waals surface area (Å²) >= 11 is 1.18. The van der Waals surface area contributed by atoms with Crippen LogP contribution in [0.25, 0.3) is 0 Å². The number of aliphatic hydroxyl groups excluding tert-OH is 1. The van der Waals surface area contributed by atoms with E-state index in [1.165, 1.54) is 11.3 Å². The number of aromatic nitrogens is 1. The van der Waals surface area contributed by atoms with Gasteiger partial charge in [-0.2, -0.15) is 0 Å². The van der Waals surface area contributed by atoms with E-state index in [1.807, 2.05) is 12.3 Å². The van der Waals surface area contributed by atoms with Gasteiger partial charge in [-0.3, -0.25) is 9.59 Å². The van der Waals surface area contributed by atoms with Crippen molar-refractivity contribution >= 4 is 17.2 Å². The lowest BCUT2D eigenvalue weighted by Gasteiger charge is -2.10. The van der Waals surface area contributed by atoms with Crippen molar-refractivity contribution in [3.63, 3.8) is 0 Å². The number of rotatable bonds is 6. The fourth-order valence-electron chi connectivity index (χ4n) is 1.46. The number of aryl methyl sites for hydroxylation is 1. The van der Waals surface area contributed by atoms with Gasteiger partial charge in [0.25, 0.3) is 0 Å². The molecule has 1 rings (SSSR count). The van der Waals surface area contributed by atoms with Gasteiger partial charge in [0.05, 0.1) is 6.61 Å². The number of hydrogen-bond donors (Lipinski definition) is 2. The molecule has 1 aromatic rings. The van der Waals surface area contributed by atoms with Crippen LogP contribution in [0.1, 0.15) is 25.5 Å². The minimum Gasteiger partial charge on any atom is -0.394 e. The Balaban J connectivity index is 2.33. The van der Waals surface area contributed by atoms with Crippen molar-refractivity contribution in [1.29, 1.82) is 0 Å². The summed E-state index contributed by atoms with van der Waals surface area (Å²) < 4.78 is 1.67. The van der Waals surface area contributed by atoms with E-state index in [4.69, 9.17) is 5.11 Å². The third kappa shape index (κ3) is 4.32. The summed E-state index contributed by atoms with van der Waals surface area (Å²) in [6, 6.07) is -0.215. The second kappa shape index (κ2) is 6.56. The smallest absolute Gasteiger partial charge is 0.307 e. The molecule has 2 N–H and O–H groups in total. The van der Waals surface area contributed by atoms with Crippen LogP contribution in [0.2, 0.25) is 0 Å². The highest BCUT2D eigenvalue weighted by atomic mass is 32.1. The summed E-state index contributed by atoms with van der Waals surface area (Å²) in [5, 5.41) is 13.3. The average Bonchev–Trinajstić information content (AvgIpc) is 2.60. The van der Waals surface area contributed by atoms with E-state index in [9.17, 15) is 9.59 Å². The lowest BCUT2D eigenvalue weighted by atomic mass is 10.2. The minimum absolute atomic E-state index is 0.0200. The highest BCUT2D eigenvalue weighted by Gasteiger charge is 2.07. The summed E-state index contributed by atoms with van der Waals surface area (Å²) in [6.45, 7) is 4.13. The fraction of sp³-hybridized carbons (Fsp3) is 0.636. The number of amides is 1. The van der Waals surface area contributed by atoms with Crippen LogP contribution in [-0.2, 0) is 11.3 Å². The highest BCUT2D eigenvalue weighted by molar-refractivity contribution is 7.07. The van der Waals surface area contributed by atoms with E-state index in [2.05, 4.69) is 5.32 Å². The number of nitrogens with one attached hydrogen (secondary N) is 1. The molecule has 0 bridgehead atoms. The molecule has 1 amide bonds. The molecule has 1 aromatic heterocycles. The Labute approximate surface area is 104 Å². The van der Waals surface area contributed by atoms with Gasteiger partial charge in [-0.1, -0.05) is 11.3 Å². The highest BCUT2D eigenvalue weighted by Crippen LogP contribution is 2.02. The lowest BCUT2D eigenvalue weighted by molar-refractivity contribution is -0.122. The molecule has 0 aromatic carbocycles. The summed E-state index contributed by atoms with van der Waals surface area (Å²) in [6.07, 6.45) is 0.994. The van der Waals surface area contributed by atoms with Gasteiger partial charge >= 0.3 is 4.87 Å². The predicted octanol–water partition coefficient (Wildman–Crippen LogP) is 0.495. The van der Waals surface area contributed by atoms with E-state index in [0.717, 1.165) is 5.69 Å². The number of carbonyl (C=O) groups is 1. The Morgan fingerprint density at radius 1 is 1.65 bits per heavy atom. The van der Waals surface area contributed by atoms with Gasteiger partial charge < -0.3 is 15.0 Å². The van der Waals surface area contributed by atoms with Crippen molar-refractivity contribution in [3.8, 4) is 0 Å². The largest absolute Gasteiger partial charge is 0.394 e. The molecule has 0 aliphatic carbocycles. The second-order valence-corrected chi connectivity index (χ2v) is 4.87. The Morgan fingerprint density at radius 3 is 2.88 bits per heavy atom. The first kappa shape index (κ1) is 13.9. The molecular weight excluding hydrogens is 240 g/mol. The van der Waals surface area contributed by atoms with E-state index in [1.54, 1.807) is 11.5 Å². The zero-order chi connectivity index (χ0) is 12.8. The molecule has 1 atom stereocenters. The topological polar surface area (TPSA) is 71.3 Å². The van der Waals surface area contributed by atoms with E-state index in [0.29, 0.717) is 19.4 Å². The van der Waals surface area contributed by atoms with Crippen LogP contribution in [0.15, 0.2) is 10.2 Å². The second-order valence-electron chi connectivity index (χ2n) is 4.05. The number of carbonyl (C=O) groups excluding carboxylic acids is 1. The van der Waals surface area contributed by atoms with Gasteiger partial charge in [-0.05, 0) is 20.3 Å². The van der Waals surface area contributed by atoms with Gasteiger partial charge in [0, 0.05) is 30.1 Å². The number of nitrogens with zero attached hydrogens (tertiary/aromatic N) is 1. The maximum Gasteiger partial charge on any atom is 0.307 e. The standard InChI is InChI=1S/C11H18N2O3S/c1-8(6-14)12-10(15)4-3-5-13-9(2)7-17-11(13)16/h7-8,14H,3-6H2,1-2H3,(H,12,15). The lowest BCUT2D eigenvalue weighted by Crippen LogP contribution is -2.35. The van der Waals surface area contributed by atoms with Crippen molar-refractivity contribution in [2.75, 3.05) is 6.61 Å². The molecule has 0 radical (unpaired) electrons. The Kier molecular flexibility index (Phi) is 5.37. The zero-order valence-corrected chi connectivity index (χ0v) is 10.9. The maximum atomic E-state index is 11.4. The van der Waals surface area contributed by atoms with Crippen LogP contribution in [-0.4, -0.2) is 28.2 Å². The molecule has 0 spiro atoms. The summed E-state index contributed by atoms with van der Waals surface area (Å²) in [7, 11) is 0. The average molecular weight is 258 g/mol. The summed E-state index contributed by atoms with van der Waals surface area (Å²) in [4.78, 5) is 22.8. The van der Waals surface area contributed by atoms with Crippen LogP contribution in [0.4, 0.5) is 0 Å². The molecule has 0 aliphatic heterocycles. The van der Waals surface area contributed by atoms with Crippen LogP contribution < -0.4 is 10.2 Å². The van der Waals surface area contributed by atoms with Crippen molar-refractivity contribution in [1.82, 2.24) is 9.88 Å². The zero-order valence-electron chi connectivity index (χ0n) is 10.1. The number of thiazole rings is 1. The molecular formula is C11H18N2O3S. The van der Waals surface area contributed by atoms with E-state index < -0.39 is 0 Å². The van der Waals surface area contributed by atoms with Crippen LogP contribution >= 0.6 is 11.3 Å². The summed E-state index contributed by atoms with van der Waals surface area (Å²) in [5.74, 6) is -0.0903. The molecule has 5 nitrogen and oxygen atoms in total.